The van der Waals surface area contributed by atoms with E-state index >= 15 is 0 Å². The van der Waals surface area contributed by atoms with Gasteiger partial charge in [-0.15, -0.1) is 0 Å². The Labute approximate surface area is 346 Å². The molecule has 8 aromatic carbocycles. The van der Waals surface area contributed by atoms with Crippen molar-refractivity contribution in [1.29, 1.82) is 0 Å². The summed E-state index contributed by atoms with van der Waals surface area (Å²) in [7, 11) is 0. The summed E-state index contributed by atoms with van der Waals surface area (Å²) in [5, 5.41) is 7.53. The van der Waals surface area contributed by atoms with Gasteiger partial charge in [0.05, 0.1) is 11.4 Å². The molecule has 0 bridgehead atoms. The van der Waals surface area contributed by atoms with E-state index in [0.717, 1.165) is 0 Å². The molecule has 0 unspecified atom stereocenters. The van der Waals surface area contributed by atoms with E-state index in [-0.39, 0.29) is 0 Å². The van der Waals surface area contributed by atoms with E-state index in [0.29, 0.717) is 11.8 Å². The number of benzene rings is 8. The van der Waals surface area contributed by atoms with Crippen LogP contribution in [0, 0.1) is 55.4 Å². The van der Waals surface area contributed by atoms with E-state index in [1.165, 1.54) is 122 Å². The van der Waals surface area contributed by atoms with Gasteiger partial charge in [-0.3, -0.25) is 0 Å². The Morgan fingerprint density at radius 3 is 0.828 bits per heavy atom. The fraction of sp³-hybridized carbons (Fsp3) is 0.250. The van der Waals surface area contributed by atoms with Crippen LogP contribution >= 0.6 is 0 Å². The lowest BCUT2D eigenvalue weighted by molar-refractivity contribution is 0.868. The van der Waals surface area contributed by atoms with Gasteiger partial charge in [-0.25, -0.2) is 0 Å². The molecule has 0 aliphatic rings. The summed E-state index contributed by atoms with van der Waals surface area (Å²) < 4.78 is 0. The third-order valence-electron chi connectivity index (χ3n) is 12.9. The van der Waals surface area contributed by atoms with Crippen LogP contribution in [0.1, 0.15) is 95.2 Å². The van der Waals surface area contributed by atoms with Gasteiger partial charge >= 0.3 is 0 Å². The summed E-state index contributed by atoms with van der Waals surface area (Å²) in [5.74, 6) is 0.771. The molecule has 0 aliphatic heterocycles. The van der Waals surface area contributed by atoms with Crippen molar-refractivity contribution in [3.05, 3.63) is 177 Å². The molecule has 2 nitrogen and oxygen atoms in total. The molecule has 58 heavy (non-hydrogen) atoms. The molecular formula is C56H58N2. The average Bonchev–Trinajstić information content (AvgIpc) is 3.20. The molecule has 2 heteroatoms. The van der Waals surface area contributed by atoms with Gasteiger partial charge in [-0.2, -0.15) is 0 Å². The monoisotopic (exact) mass is 758 g/mol. The molecule has 0 heterocycles. The van der Waals surface area contributed by atoms with Gasteiger partial charge in [0, 0.05) is 33.5 Å². The van der Waals surface area contributed by atoms with Gasteiger partial charge in [0.15, 0.2) is 0 Å². The number of rotatable bonds is 8. The Morgan fingerprint density at radius 2 is 0.569 bits per heavy atom. The highest BCUT2D eigenvalue weighted by Crippen LogP contribution is 2.49. The van der Waals surface area contributed by atoms with Crippen molar-refractivity contribution in [2.45, 2.75) is 94.9 Å². The zero-order chi connectivity index (χ0) is 41.2. The highest BCUT2D eigenvalue weighted by Gasteiger charge is 2.24. The van der Waals surface area contributed by atoms with Crippen molar-refractivity contribution in [2.24, 2.45) is 0 Å². The molecule has 0 saturated carbocycles. The minimum Gasteiger partial charge on any atom is -0.310 e. The van der Waals surface area contributed by atoms with Gasteiger partial charge in [-0.05, 0) is 217 Å². The van der Waals surface area contributed by atoms with E-state index in [1.54, 1.807) is 0 Å². The first-order chi connectivity index (χ1) is 27.7. The van der Waals surface area contributed by atoms with Crippen LogP contribution < -0.4 is 9.80 Å². The quantitative estimate of drug-likeness (QED) is 0.142. The molecule has 8 rings (SSSR count). The first kappa shape index (κ1) is 39.0. The SMILES string of the molecule is Cc1ccc(N(c2ccc(C)c(C)c2)c2cc3c4ccc(C(C)C)cc4c(N(c4ccc(C)c(C)c4)c4ccc(C)c(C)c4)cc3c3ccc(C(C)C)cc23)cc1C. The zero-order valence-electron chi connectivity index (χ0n) is 36.6. The largest absolute Gasteiger partial charge is 0.310 e. The molecule has 0 fully saturated rings. The molecular weight excluding hydrogens is 701 g/mol. The lowest BCUT2D eigenvalue weighted by Gasteiger charge is -2.31. The molecule has 0 saturated heterocycles. The summed E-state index contributed by atoms with van der Waals surface area (Å²) >= 11 is 0. The number of anilines is 6. The van der Waals surface area contributed by atoms with E-state index in [9.17, 15) is 0 Å². The van der Waals surface area contributed by atoms with Crippen LogP contribution in [0.4, 0.5) is 34.1 Å². The molecule has 0 aliphatic carbocycles. The third kappa shape index (κ3) is 6.93. The maximum atomic E-state index is 2.50. The van der Waals surface area contributed by atoms with Crippen molar-refractivity contribution in [3.63, 3.8) is 0 Å². The van der Waals surface area contributed by atoms with Crippen molar-refractivity contribution in [1.82, 2.24) is 0 Å². The molecule has 0 aromatic heterocycles. The topological polar surface area (TPSA) is 6.48 Å². The van der Waals surface area contributed by atoms with Gasteiger partial charge in [-0.1, -0.05) is 76.2 Å². The fourth-order valence-corrected chi connectivity index (χ4v) is 8.45. The molecule has 0 N–H and O–H groups in total. The number of nitrogens with zero attached hydrogens (tertiary/aromatic N) is 2. The van der Waals surface area contributed by atoms with Crippen LogP contribution in [0.25, 0.3) is 32.3 Å². The summed E-state index contributed by atoms with van der Waals surface area (Å²) in [6, 6.07) is 47.0. The Kier molecular flexibility index (Phi) is 10.2. The first-order valence-electron chi connectivity index (χ1n) is 21.1. The van der Waals surface area contributed by atoms with Crippen LogP contribution in [-0.2, 0) is 0 Å². The second-order valence-corrected chi connectivity index (χ2v) is 17.6. The standard InChI is InChI=1S/C56H58N2/c1-33(2)43-17-23-49-51-32-56(58(47-21-15-37(7)41(11)27-47)48-22-16-38(8)42(12)28-48)54-30-44(34(3)4)18-24-50(54)52(51)31-55(53(49)29-43)57(45-19-13-35(5)39(9)25-45)46-20-14-36(6)40(10)26-46/h13-34H,1-12H3. The summed E-state index contributed by atoms with van der Waals surface area (Å²) in [6.45, 7) is 26.9. The van der Waals surface area contributed by atoms with Crippen molar-refractivity contribution in [3.8, 4) is 0 Å². The van der Waals surface area contributed by atoms with E-state index < -0.39 is 0 Å². The summed E-state index contributed by atoms with van der Waals surface area (Å²) in [4.78, 5) is 5.01. The first-order valence-corrected chi connectivity index (χ1v) is 21.1. The summed E-state index contributed by atoms with van der Waals surface area (Å²) in [6.07, 6.45) is 0. The highest BCUT2D eigenvalue weighted by atomic mass is 15.2. The summed E-state index contributed by atoms with van der Waals surface area (Å²) in [5.41, 5.74) is 20.1. The lowest BCUT2D eigenvalue weighted by atomic mass is 9.89. The van der Waals surface area contributed by atoms with Gasteiger partial charge in [0.25, 0.3) is 0 Å². The number of hydrogen-bond donors (Lipinski definition) is 0. The maximum absolute atomic E-state index is 2.50. The molecule has 292 valence electrons. The lowest BCUT2D eigenvalue weighted by Crippen LogP contribution is -2.13. The van der Waals surface area contributed by atoms with Crippen LogP contribution in [0.3, 0.4) is 0 Å². The Bertz CT molecular complexity index is 2590. The van der Waals surface area contributed by atoms with Crippen molar-refractivity contribution in [2.75, 3.05) is 9.80 Å². The van der Waals surface area contributed by atoms with Gasteiger partial charge < -0.3 is 9.80 Å². The van der Waals surface area contributed by atoms with Crippen LogP contribution in [0.5, 0.6) is 0 Å². The number of hydrogen-bond acceptors (Lipinski definition) is 2. The smallest absolute Gasteiger partial charge is 0.0546 e. The molecule has 8 aromatic rings. The number of aryl methyl sites for hydroxylation is 8. The van der Waals surface area contributed by atoms with Crippen LogP contribution in [-0.4, -0.2) is 0 Å². The minimum atomic E-state index is 0.385. The molecule has 0 amide bonds. The van der Waals surface area contributed by atoms with Crippen LogP contribution in [0.2, 0.25) is 0 Å². The predicted molar refractivity (Wildman–Crippen MR) is 254 cm³/mol. The second kappa shape index (κ2) is 15.1. The Morgan fingerprint density at radius 1 is 0.276 bits per heavy atom. The molecule has 0 atom stereocenters. The molecule has 0 spiro atoms. The second-order valence-electron chi connectivity index (χ2n) is 17.6. The highest BCUT2D eigenvalue weighted by molar-refractivity contribution is 6.24. The minimum absolute atomic E-state index is 0.385. The maximum Gasteiger partial charge on any atom is 0.0546 e. The predicted octanol–water partition coefficient (Wildman–Crippen LogP) is 16.8. The fourth-order valence-electron chi connectivity index (χ4n) is 8.45. The van der Waals surface area contributed by atoms with E-state index in [1.807, 2.05) is 0 Å². The van der Waals surface area contributed by atoms with Gasteiger partial charge in [0.1, 0.15) is 0 Å². The third-order valence-corrected chi connectivity index (χ3v) is 12.9. The zero-order valence-corrected chi connectivity index (χ0v) is 36.6. The van der Waals surface area contributed by atoms with E-state index in [2.05, 4.69) is 214 Å². The number of fused-ring (bicyclic) bond motifs is 5. The molecule has 0 radical (unpaired) electrons. The Hall–Kier alpha value is -5.86. The average molecular weight is 759 g/mol. The van der Waals surface area contributed by atoms with E-state index in [4.69, 9.17) is 0 Å². The van der Waals surface area contributed by atoms with Gasteiger partial charge in [0.2, 0.25) is 0 Å². The Balaban J connectivity index is 1.54. The van der Waals surface area contributed by atoms with Crippen molar-refractivity contribution >= 4 is 66.4 Å². The normalized spacial score (nSPS) is 11.8. The van der Waals surface area contributed by atoms with Crippen LogP contribution in [0.15, 0.2) is 121 Å². The van der Waals surface area contributed by atoms with Crippen molar-refractivity contribution < 1.29 is 0 Å².